The SMILES string of the molecule is CCCCCCCCCCCC(CCCCCCCC)CCCCCCCC/C=C\CCCCCCCC=O. The van der Waals surface area contributed by atoms with Crippen LogP contribution in [0.5, 0.6) is 0 Å². The van der Waals surface area contributed by atoms with E-state index in [4.69, 9.17) is 0 Å². The summed E-state index contributed by atoms with van der Waals surface area (Å²) in [5.41, 5.74) is 0. The van der Waals surface area contributed by atoms with Crippen LogP contribution in [0.1, 0.15) is 219 Å². The number of carbonyl (C=O) groups is 1. The van der Waals surface area contributed by atoms with Gasteiger partial charge < -0.3 is 4.79 Å². The zero-order chi connectivity index (χ0) is 28.3. The van der Waals surface area contributed by atoms with E-state index in [1.807, 2.05) is 0 Å². The minimum absolute atomic E-state index is 0.749. The summed E-state index contributed by atoms with van der Waals surface area (Å²) in [7, 11) is 0. The van der Waals surface area contributed by atoms with E-state index in [-0.39, 0.29) is 0 Å². The zero-order valence-corrected chi connectivity index (χ0v) is 27.3. The highest BCUT2D eigenvalue weighted by molar-refractivity contribution is 5.48. The molecule has 0 saturated carbocycles. The summed E-state index contributed by atoms with van der Waals surface area (Å²) in [6, 6.07) is 0. The second-order valence-electron chi connectivity index (χ2n) is 12.7. The Labute approximate surface area is 248 Å². The molecule has 1 nitrogen and oxygen atoms in total. The van der Waals surface area contributed by atoms with E-state index in [9.17, 15) is 4.79 Å². The van der Waals surface area contributed by atoms with Crippen molar-refractivity contribution in [2.75, 3.05) is 0 Å². The zero-order valence-electron chi connectivity index (χ0n) is 27.3. The Kier molecular flexibility index (Phi) is 34.9. The van der Waals surface area contributed by atoms with Gasteiger partial charge in [-0.25, -0.2) is 0 Å². The van der Waals surface area contributed by atoms with Crippen molar-refractivity contribution in [2.24, 2.45) is 5.92 Å². The number of allylic oxidation sites excluding steroid dienone is 2. The maximum Gasteiger partial charge on any atom is 0.119 e. The minimum Gasteiger partial charge on any atom is -0.303 e. The molecule has 0 spiro atoms. The van der Waals surface area contributed by atoms with Crippen LogP contribution in [0.15, 0.2) is 12.2 Å². The lowest BCUT2D eigenvalue weighted by Gasteiger charge is -2.17. The molecule has 0 aliphatic carbocycles. The smallest absolute Gasteiger partial charge is 0.119 e. The van der Waals surface area contributed by atoms with Gasteiger partial charge in [-0.3, -0.25) is 0 Å². The first kappa shape index (κ1) is 38.4. The molecule has 0 aromatic heterocycles. The van der Waals surface area contributed by atoms with Gasteiger partial charge in [0.25, 0.3) is 0 Å². The van der Waals surface area contributed by atoms with E-state index in [2.05, 4.69) is 26.0 Å². The van der Waals surface area contributed by atoms with Crippen LogP contribution in [0, 0.1) is 5.92 Å². The topological polar surface area (TPSA) is 17.1 Å². The number of hydrogen-bond donors (Lipinski definition) is 0. The van der Waals surface area contributed by atoms with Gasteiger partial charge in [-0.05, 0) is 38.0 Å². The fourth-order valence-electron chi connectivity index (χ4n) is 6.05. The molecule has 1 unspecified atom stereocenters. The predicted molar refractivity (Wildman–Crippen MR) is 178 cm³/mol. The molecule has 39 heavy (non-hydrogen) atoms. The highest BCUT2D eigenvalue weighted by Gasteiger charge is 2.09. The molecule has 1 atom stereocenters. The van der Waals surface area contributed by atoms with Crippen LogP contribution >= 0.6 is 0 Å². The summed E-state index contributed by atoms with van der Waals surface area (Å²) < 4.78 is 0. The summed E-state index contributed by atoms with van der Waals surface area (Å²) in [4.78, 5) is 10.3. The summed E-state index contributed by atoms with van der Waals surface area (Å²) >= 11 is 0. The standard InChI is InChI=1S/C38H74O/c1-3-5-7-9-11-20-23-27-31-35-38(34-30-26-10-8-6-4-2)36-32-28-24-21-18-16-14-12-13-15-17-19-22-25-29-33-37-39/h12-13,37-38H,3-11,14-36H2,1-2H3/b13-12-. The lowest BCUT2D eigenvalue weighted by Crippen LogP contribution is -2.01. The first-order chi connectivity index (χ1) is 19.3. The fourth-order valence-corrected chi connectivity index (χ4v) is 6.05. The van der Waals surface area contributed by atoms with E-state index >= 15 is 0 Å². The molecule has 0 amide bonds. The molecule has 0 rings (SSSR count). The first-order valence-corrected chi connectivity index (χ1v) is 18.4. The highest BCUT2D eigenvalue weighted by Crippen LogP contribution is 2.25. The van der Waals surface area contributed by atoms with E-state index in [1.165, 1.54) is 193 Å². The summed E-state index contributed by atoms with van der Waals surface area (Å²) in [6.07, 6.45) is 50.4. The molecule has 0 aromatic rings. The van der Waals surface area contributed by atoms with Crippen LogP contribution in [-0.4, -0.2) is 6.29 Å². The van der Waals surface area contributed by atoms with E-state index in [0.29, 0.717) is 0 Å². The summed E-state index contributed by atoms with van der Waals surface area (Å²) in [5.74, 6) is 1.02. The normalized spacial score (nSPS) is 12.5. The van der Waals surface area contributed by atoms with Crippen LogP contribution in [0.2, 0.25) is 0 Å². The number of hydrogen-bond acceptors (Lipinski definition) is 1. The Morgan fingerprint density at radius 3 is 0.974 bits per heavy atom. The van der Waals surface area contributed by atoms with Gasteiger partial charge in [-0.2, -0.15) is 0 Å². The Balaban J connectivity index is 3.75. The Hall–Kier alpha value is -0.590. The van der Waals surface area contributed by atoms with Crippen molar-refractivity contribution >= 4 is 6.29 Å². The Bertz CT molecular complexity index is 467. The van der Waals surface area contributed by atoms with Gasteiger partial charge in [0.2, 0.25) is 0 Å². The molecular weight excluding hydrogens is 472 g/mol. The lowest BCUT2D eigenvalue weighted by molar-refractivity contribution is -0.107. The predicted octanol–water partition coefficient (Wildman–Crippen LogP) is 13.9. The van der Waals surface area contributed by atoms with Crippen molar-refractivity contribution in [3.63, 3.8) is 0 Å². The van der Waals surface area contributed by atoms with E-state index in [0.717, 1.165) is 25.0 Å². The maximum absolute atomic E-state index is 10.3. The average Bonchev–Trinajstić information content (AvgIpc) is 2.95. The second-order valence-corrected chi connectivity index (χ2v) is 12.7. The van der Waals surface area contributed by atoms with Crippen molar-refractivity contribution in [3.05, 3.63) is 12.2 Å². The van der Waals surface area contributed by atoms with Crippen molar-refractivity contribution in [3.8, 4) is 0 Å². The van der Waals surface area contributed by atoms with Gasteiger partial charge in [-0.1, -0.05) is 193 Å². The largest absolute Gasteiger partial charge is 0.303 e. The molecule has 0 aromatic carbocycles. The number of unbranched alkanes of at least 4 members (excludes halogenated alkanes) is 25. The lowest BCUT2D eigenvalue weighted by atomic mass is 9.89. The maximum atomic E-state index is 10.3. The second kappa shape index (κ2) is 35.4. The molecule has 0 bridgehead atoms. The molecule has 0 radical (unpaired) electrons. The molecule has 0 aliphatic rings. The van der Waals surface area contributed by atoms with Gasteiger partial charge in [0.05, 0.1) is 0 Å². The molecule has 0 saturated heterocycles. The number of carbonyl (C=O) groups excluding carboxylic acids is 1. The quantitative estimate of drug-likeness (QED) is 0.0445. The molecule has 0 heterocycles. The van der Waals surface area contributed by atoms with Gasteiger partial charge in [0, 0.05) is 6.42 Å². The monoisotopic (exact) mass is 547 g/mol. The van der Waals surface area contributed by atoms with Gasteiger partial charge in [-0.15, -0.1) is 0 Å². The van der Waals surface area contributed by atoms with Crippen molar-refractivity contribution in [2.45, 2.75) is 219 Å². The molecular formula is C38H74O. The third kappa shape index (κ3) is 33.5. The third-order valence-electron chi connectivity index (χ3n) is 8.77. The number of rotatable bonds is 34. The molecule has 0 aliphatic heterocycles. The molecule has 1 heteroatoms. The van der Waals surface area contributed by atoms with Crippen LogP contribution < -0.4 is 0 Å². The Morgan fingerprint density at radius 2 is 0.641 bits per heavy atom. The van der Waals surface area contributed by atoms with E-state index in [1.54, 1.807) is 0 Å². The summed E-state index contributed by atoms with van der Waals surface area (Å²) in [5, 5.41) is 0. The minimum atomic E-state index is 0.749. The fraction of sp³-hybridized carbons (Fsp3) is 0.921. The van der Waals surface area contributed by atoms with E-state index < -0.39 is 0 Å². The van der Waals surface area contributed by atoms with Gasteiger partial charge in [0.15, 0.2) is 0 Å². The number of aldehydes is 1. The van der Waals surface area contributed by atoms with Crippen LogP contribution in [0.4, 0.5) is 0 Å². The first-order valence-electron chi connectivity index (χ1n) is 18.4. The third-order valence-corrected chi connectivity index (χ3v) is 8.77. The molecule has 0 fully saturated rings. The van der Waals surface area contributed by atoms with Crippen LogP contribution in [0.25, 0.3) is 0 Å². The Morgan fingerprint density at radius 1 is 0.359 bits per heavy atom. The van der Waals surface area contributed by atoms with Crippen molar-refractivity contribution < 1.29 is 4.79 Å². The van der Waals surface area contributed by atoms with Gasteiger partial charge >= 0.3 is 0 Å². The summed E-state index contributed by atoms with van der Waals surface area (Å²) in [6.45, 7) is 4.64. The highest BCUT2D eigenvalue weighted by atomic mass is 16.1. The average molecular weight is 547 g/mol. The van der Waals surface area contributed by atoms with Crippen LogP contribution in [-0.2, 0) is 4.79 Å². The molecule has 0 N–H and O–H groups in total. The van der Waals surface area contributed by atoms with Crippen molar-refractivity contribution in [1.82, 2.24) is 0 Å². The van der Waals surface area contributed by atoms with Crippen LogP contribution in [0.3, 0.4) is 0 Å². The molecule has 232 valence electrons. The van der Waals surface area contributed by atoms with Gasteiger partial charge in [0.1, 0.15) is 6.29 Å². The van der Waals surface area contributed by atoms with Crippen molar-refractivity contribution in [1.29, 1.82) is 0 Å².